The second-order valence-electron chi connectivity index (χ2n) is 9.61. The van der Waals surface area contributed by atoms with E-state index in [9.17, 15) is 18.8 Å². The van der Waals surface area contributed by atoms with Crippen LogP contribution in [-0.2, 0) is 25.7 Å². The molecule has 2 heterocycles. The number of carbonyl (C=O) groups excluding carboxylic acids is 3. The van der Waals surface area contributed by atoms with Crippen molar-refractivity contribution in [1.82, 2.24) is 9.80 Å². The van der Waals surface area contributed by atoms with Crippen molar-refractivity contribution in [2.75, 3.05) is 14.2 Å². The van der Waals surface area contributed by atoms with E-state index in [1.54, 1.807) is 24.1 Å². The number of rotatable bonds is 6. The van der Waals surface area contributed by atoms with E-state index < -0.39 is 17.4 Å². The number of ether oxygens (including phenoxy) is 1. The molecule has 32 heavy (non-hydrogen) atoms. The molecule has 1 aromatic carbocycles. The van der Waals surface area contributed by atoms with Crippen LogP contribution in [-0.4, -0.2) is 59.7 Å². The number of piperidine rings is 1. The van der Waals surface area contributed by atoms with Gasteiger partial charge in [-0.1, -0.05) is 31.4 Å². The minimum Gasteiger partial charge on any atom is -0.468 e. The van der Waals surface area contributed by atoms with Crippen molar-refractivity contribution < 1.29 is 23.5 Å². The van der Waals surface area contributed by atoms with E-state index in [-0.39, 0.29) is 42.4 Å². The number of methoxy groups -OCH3 is 1. The summed E-state index contributed by atoms with van der Waals surface area (Å²) in [7, 11) is 3.09. The zero-order valence-corrected chi connectivity index (χ0v) is 19.0. The Morgan fingerprint density at radius 3 is 2.47 bits per heavy atom. The van der Waals surface area contributed by atoms with Crippen molar-refractivity contribution in [2.24, 2.45) is 5.41 Å². The number of carbonyl (C=O) groups is 3. The third kappa shape index (κ3) is 4.07. The zero-order chi connectivity index (χ0) is 22.9. The van der Waals surface area contributed by atoms with Crippen LogP contribution in [0.4, 0.5) is 4.39 Å². The summed E-state index contributed by atoms with van der Waals surface area (Å²) in [5.74, 6) is -1.26. The molecule has 3 aliphatic rings. The van der Waals surface area contributed by atoms with Crippen LogP contribution in [0, 0.1) is 11.2 Å². The van der Waals surface area contributed by atoms with Gasteiger partial charge in [-0.2, -0.15) is 0 Å². The smallest absolute Gasteiger partial charge is 0.321 e. The first-order valence-electron chi connectivity index (χ1n) is 11.7. The van der Waals surface area contributed by atoms with Gasteiger partial charge in [0, 0.05) is 38.1 Å². The maximum absolute atomic E-state index is 13.4. The SMILES string of the molecule is COC(=O)C1(CC(=O)N(C)C2CCCCC2)C(=O)CC2CCC1N2Cc1ccc(F)cc1. The molecule has 1 aromatic rings. The minimum atomic E-state index is -1.48. The maximum Gasteiger partial charge on any atom is 0.321 e. The summed E-state index contributed by atoms with van der Waals surface area (Å²) in [5.41, 5.74) is -0.566. The molecule has 2 saturated heterocycles. The quantitative estimate of drug-likeness (QED) is 0.497. The lowest BCUT2D eigenvalue weighted by molar-refractivity contribution is -0.171. The first kappa shape index (κ1) is 22.9. The summed E-state index contributed by atoms with van der Waals surface area (Å²) >= 11 is 0. The third-order valence-electron chi connectivity index (χ3n) is 7.90. The lowest BCUT2D eigenvalue weighted by Gasteiger charge is -2.46. The van der Waals surface area contributed by atoms with Crippen LogP contribution in [0.1, 0.15) is 63.4 Å². The van der Waals surface area contributed by atoms with Crippen molar-refractivity contribution in [1.29, 1.82) is 0 Å². The first-order valence-corrected chi connectivity index (χ1v) is 11.7. The predicted octanol–water partition coefficient (Wildman–Crippen LogP) is 3.47. The van der Waals surface area contributed by atoms with Gasteiger partial charge in [0.15, 0.2) is 11.2 Å². The molecule has 3 unspecified atom stereocenters. The fraction of sp³-hybridized carbons (Fsp3) is 0.640. The van der Waals surface area contributed by atoms with Crippen LogP contribution >= 0.6 is 0 Å². The summed E-state index contributed by atoms with van der Waals surface area (Å²) in [6.07, 6.45) is 6.84. The van der Waals surface area contributed by atoms with Crippen molar-refractivity contribution in [2.45, 2.75) is 82.5 Å². The fourth-order valence-corrected chi connectivity index (χ4v) is 6.06. The molecule has 174 valence electrons. The molecular formula is C25H33FN2O4. The average molecular weight is 445 g/mol. The van der Waals surface area contributed by atoms with Gasteiger partial charge in [0.05, 0.1) is 13.5 Å². The number of halogens is 1. The van der Waals surface area contributed by atoms with Crippen molar-refractivity contribution in [3.05, 3.63) is 35.6 Å². The monoisotopic (exact) mass is 444 g/mol. The Hall–Kier alpha value is -2.28. The van der Waals surface area contributed by atoms with Crippen LogP contribution in [0.15, 0.2) is 24.3 Å². The van der Waals surface area contributed by atoms with E-state index in [4.69, 9.17) is 4.74 Å². The van der Waals surface area contributed by atoms with E-state index in [1.807, 2.05) is 0 Å². The van der Waals surface area contributed by atoms with Gasteiger partial charge in [-0.15, -0.1) is 0 Å². The molecule has 2 aliphatic heterocycles. The second-order valence-corrected chi connectivity index (χ2v) is 9.61. The van der Waals surface area contributed by atoms with Crippen molar-refractivity contribution in [3.63, 3.8) is 0 Å². The highest BCUT2D eigenvalue weighted by Crippen LogP contribution is 2.48. The first-order chi connectivity index (χ1) is 15.4. The molecule has 3 atom stereocenters. The summed E-state index contributed by atoms with van der Waals surface area (Å²) in [6.45, 7) is 0.508. The maximum atomic E-state index is 13.4. The van der Waals surface area contributed by atoms with Crippen LogP contribution in [0.5, 0.6) is 0 Å². The van der Waals surface area contributed by atoms with Gasteiger partial charge in [0.1, 0.15) is 5.82 Å². The van der Waals surface area contributed by atoms with Gasteiger partial charge >= 0.3 is 5.97 Å². The highest BCUT2D eigenvalue weighted by atomic mass is 19.1. The topological polar surface area (TPSA) is 66.9 Å². The Labute approximate surface area is 189 Å². The predicted molar refractivity (Wildman–Crippen MR) is 117 cm³/mol. The van der Waals surface area contributed by atoms with Gasteiger partial charge in [-0.05, 0) is 43.4 Å². The largest absolute Gasteiger partial charge is 0.468 e. The Morgan fingerprint density at radius 2 is 1.81 bits per heavy atom. The van der Waals surface area contributed by atoms with Crippen LogP contribution in [0.3, 0.4) is 0 Å². The highest BCUT2D eigenvalue weighted by Gasteiger charge is 2.62. The minimum absolute atomic E-state index is 0.0292. The number of hydrogen-bond donors (Lipinski definition) is 0. The van der Waals surface area contributed by atoms with E-state index in [1.165, 1.54) is 25.7 Å². The Kier molecular flexibility index (Phi) is 6.65. The lowest BCUT2D eigenvalue weighted by Crippen LogP contribution is -2.61. The van der Waals surface area contributed by atoms with Gasteiger partial charge in [-0.25, -0.2) is 4.39 Å². The van der Waals surface area contributed by atoms with Gasteiger partial charge in [0.25, 0.3) is 0 Å². The van der Waals surface area contributed by atoms with E-state index in [2.05, 4.69) is 4.90 Å². The molecule has 7 heteroatoms. The molecule has 1 saturated carbocycles. The van der Waals surface area contributed by atoms with Crippen LogP contribution < -0.4 is 0 Å². The average Bonchev–Trinajstić information content (AvgIpc) is 3.13. The van der Waals surface area contributed by atoms with Crippen molar-refractivity contribution in [3.8, 4) is 0 Å². The summed E-state index contributed by atoms with van der Waals surface area (Å²) in [5, 5.41) is 0. The second kappa shape index (κ2) is 9.30. The number of fused-ring (bicyclic) bond motifs is 2. The fourth-order valence-electron chi connectivity index (χ4n) is 6.06. The Morgan fingerprint density at radius 1 is 1.12 bits per heavy atom. The number of nitrogens with zero attached hydrogens (tertiary/aromatic N) is 2. The molecule has 0 spiro atoms. The number of hydrogen-bond acceptors (Lipinski definition) is 5. The van der Waals surface area contributed by atoms with E-state index in [0.717, 1.165) is 37.7 Å². The molecule has 4 rings (SSSR count). The van der Waals surface area contributed by atoms with Gasteiger partial charge in [0.2, 0.25) is 5.91 Å². The number of benzene rings is 1. The molecule has 0 N–H and O–H groups in total. The van der Waals surface area contributed by atoms with E-state index >= 15 is 0 Å². The Balaban J connectivity index is 1.61. The Bertz CT molecular complexity index is 867. The molecule has 1 amide bonds. The molecule has 1 aliphatic carbocycles. The molecule has 3 fully saturated rings. The summed E-state index contributed by atoms with van der Waals surface area (Å²) in [4.78, 5) is 43.9. The molecule has 6 nitrogen and oxygen atoms in total. The highest BCUT2D eigenvalue weighted by molar-refractivity contribution is 6.08. The summed E-state index contributed by atoms with van der Waals surface area (Å²) < 4.78 is 18.5. The number of Topliss-reactive ketones (excluding diaryl/α,β-unsaturated/α-hetero) is 1. The third-order valence-corrected chi connectivity index (χ3v) is 7.90. The lowest BCUT2D eigenvalue weighted by atomic mass is 9.69. The van der Waals surface area contributed by atoms with E-state index in [0.29, 0.717) is 13.0 Å². The normalized spacial score (nSPS) is 28.5. The van der Waals surface area contributed by atoms with Crippen LogP contribution in [0.2, 0.25) is 0 Å². The molecular weight excluding hydrogens is 411 g/mol. The number of esters is 1. The van der Waals surface area contributed by atoms with Gasteiger partial charge in [-0.3, -0.25) is 19.3 Å². The molecule has 0 aromatic heterocycles. The van der Waals surface area contributed by atoms with Crippen LogP contribution in [0.25, 0.3) is 0 Å². The molecule has 2 bridgehead atoms. The summed E-state index contributed by atoms with van der Waals surface area (Å²) in [6, 6.07) is 6.10. The standard InChI is InChI=1S/C25H33FN2O4/c1-27(19-6-4-3-5-7-19)23(30)15-25(24(31)32-2)21-13-12-20(14-22(25)29)28(21)16-17-8-10-18(26)11-9-17/h8-11,19-21H,3-7,12-16H2,1-2H3. The number of amides is 1. The number of ketones is 1. The van der Waals surface area contributed by atoms with Gasteiger partial charge < -0.3 is 9.64 Å². The van der Waals surface area contributed by atoms with Crippen molar-refractivity contribution >= 4 is 17.7 Å². The zero-order valence-electron chi connectivity index (χ0n) is 19.0. The molecule has 0 radical (unpaired) electrons.